The first-order chi connectivity index (χ1) is 7.79. The Labute approximate surface area is 103 Å². The van der Waals surface area contributed by atoms with Gasteiger partial charge in [-0.15, -0.1) is 0 Å². The Morgan fingerprint density at radius 2 is 1.76 bits per heavy atom. The van der Waals surface area contributed by atoms with Crippen LogP contribution in [0, 0.1) is 0 Å². The summed E-state index contributed by atoms with van der Waals surface area (Å²) in [5.41, 5.74) is 0.186. The number of nitrogens with zero attached hydrogens (tertiary/aromatic N) is 2. The maximum Gasteiger partial charge on any atom is 0.306 e. The van der Waals surface area contributed by atoms with Gasteiger partial charge in [-0.2, -0.15) is 0 Å². The molecule has 1 fully saturated rings. The van der Waals surface area contributed by atoms with Crippen molar-refractivity contribution in [3.8, 4) is 0 Å². The summed E-state index contributed by atoms with van der Waals surface area (Å²) >= 11 is 0. The van der Waals surface area contributed by atoms with Crippen LogP contribution in [0.4, 0.5) is 0 Å². The van der Waals surface area contributed by atoms with Crippen molar-refractivity contribution in [2.75, 3.05) is 32.7 Å². The molecule has 100 valence electrons. The molecule has 0 spiro atoms. The van der Waals surface area contributed by atoms with Crippen LogP contribution in [0.5, 0.6) is 0 Å². The second-order valence-corrected chi connectivity index (χ2v) is 5.71. The second kappa shape index (κ2) is 5.80. The van der Waals surface area contributed by atoms with Gasteiger partial charge in [0.05, 0.1) is 12.5 Å². The summed E-state index contributed by atoms with van der Waals surface area (Å²) in [5.74, 6) is -0.939. The Bertz CT molecular complexity index is 255. The molecule has 1 rings (SSSR count). The number of carboxylic acids is 1. The third-order valence-electron chi connectivity index (χ3n) is 3.20. The number of β-amino-alcohol motifs (C(OH)–C–C–N with tert-alkyl or cyclic N) is 1. The molecule has 0 aliphatic carbocycles. The fourth-order valence-electron chi connectivity index (χ4n) is 2.17. The average molecular weight is 244 g/mol. The van der Waals surface area contributed by atoms with Crippen LogP contribution in [0.15, 0.2) is 0 Å². The van der Waals surface area contributed by atoms with Crippen LogP contribution in [0.1, 0.15) is 27.2 Å². The molecule has 0 aromatic heterocycles. The van der Waals surface area contributed by atoms with Gasteiger partial charge in [-0.3, -0.25) is 14.6 Å². The van der Waals surface area contributed by atoms with E-state index in [1.807, 2.05) is 0 Å². The van der Waals surface area contributed by atoms with Crippen LogP contribution in [-0.4, -0.2) is 70.3 Å². The number of aliphatic hydroxyl groups is 1. The van der Waals surface area contributed by atoms with Gasteiger partial charge in [0.1, 0.15) is 0 Å². The van der Waals surface area contributed by atoms with E-state index in [2.05, 4.69) is 30.6 Å². The van der Waals surface area contributed by atoms with E-state index in [0.717, 1.165) is 26.2 Å². The van der Waals surface area contributed by atoms with Crippen molar-refractivity contribution >= 4 is 5.97 Å². The summed E-state index contributed by atoms with van der Waals surface area (Å²) in [7, 11) is 0. The van der Waals surface area contributed by atoms with E-state index < -0.39 is 12.1 Å². The van der Waals surface area contributed by atoms with Crippen molar-refractivity contribution in [2.24, 2.45) is 0 Å². The second-order valence-electron chi connectivity index (χ2n) is 5.71. The summed E-state index contributed by atoms with van der Waals surface area (Å²) < 4.78 is 0. The van der Waals surface area contributed by atoms with E-state index in [-0.39, 0.29) is 12.0 Å². The standard InChI is InChI=1S/C12H24N2O3/c1-12(2,3)14-6-4-13(5-7-14)9-10(15)8-11(16)17/h10,15H,4-9H2,1-3H3,(H,16,17). The molecule has 0 aromatic carbocycles. The first-order valence-electron chi connectivity index (χ1n) is 6.16. The molecular formula is C12H24N2O3. The molecule has 1 saturated heterocycles. The highest BCUT2D eigenvalue weighted by Crippen LogP contribution is 2.15. The number of piperazine rings is 1. The fourth-order valence-corrected chi connectivity index (χ4v) is 2.17. The molecule has 2 N–H and O–H groups in total. The fraction of sp³-hybridized carbons (Fsp3) is 0.917. The summed E-state index contributed by atoms with van der Waals surface area (Å²) in [6.07, 6.45) is -0.923. The number of hydrogen-bond acceptors (Lipinski definition) is 4. The molecule has 0 radical (unpaired) electrons. The SMILES string of the molecule is CC(C)(C)N1CCN(CC(O)CC(=O)O)CC1. The van der Waals surface area contributed by atoms with E-state index in [0.29, 0.717) is 6.54 Å². The Kier molecular flexibility index (Phi) is 4.91. The maximum atomic E-state index is 10.4. The van der Waals surface area contributed by atoms with Crippen LogP contribution in [0.2, 0.25) is 0 Å². The zero-order valence-electron chi connectivity index (χ0n) is 11.0. The van der Waals surface area contributed by atoms with Gasteiger partial charge >= 0.3 is 5.97 Å². The van der Waals surface area contributed by atoms with Crippen molar-refractivity contribution in [3.05, 3.63) is 0 Å². The third kappa shape index (κ3) is 5.02. The zero-order valence-corrected chi connectivity index (χ0v) is 11.0. The average Bonchev–Trinajstić information content (AvgIpc) is 2.15. The number of hydrogen-bond donors (Lipinski definition) is 2. The summed E-state index contributed by atoms with van der Waals surface area (Å²) in [4.78, 5) is 15.0. The lowest BCUT2D eigenvalue weighted by atomic mass is 10.0. The monoisotopic (exact) mass is 244 g/mol. The maximum absolute atomic E-state index is 10.4. The predicted molar refractivity (Wildman–Crippen MR) is 66.0 cm³/mol. The van der Waals surface area contributed by atoms with Crippen LogP contribution in [0.25, 0.3) is 0 Å². The lowest BCUT2D eigenvalue weighted by Gasteiger charge is -2.42. The molecule has 1 unspecified atom stereocenters. The van der Waals surface area contributed by atoms with E-state index in [1.54, 1.807) is 0 Å². The molecule has 0 aromatic rings. The topological polar surface area (TPSA) is 64.0 Å². The van der Waals surface area contributed by atoms with Crippen LogP contribution in [-0.2, 0) is 4.79 Å². The smallest absolute Gasteiger partial charge is 0.306 e. The molecule has 0 saturated carbocycles. The molecule has 17 heavy (non-hydrogen) atoms. The van der Waals surface area contributed by atoms with E-state index >= 15 is 0 Å². The molecule has 5 heteroatoms. The minimum Gasteiger partial charge on any atom is -0.481 e. The van der Waals surface area contributed by atoms with Crippen molar-refractivity contribution < 1.29 is 15.0 Å². The van der Waals surface area contributed by atoms with Crippen LogP contribution in [0.3, 0.4) is 0 Å². The largest absolute Gasteiger partial charge is 0.481 e. The molecule has 1 aliphatic heterocycles. The van der Waals surface area contributed by atoms with E-state index in [4.69, 9.17) is 5.11 Å². The highest BCUT2D eigenvalue weighted by molar-refractivity contribution is 5.67. The number of aliphatic hydroxyl groups excluding tert-OH is 1. The first-order valence-corrected chi connectivity index (χ1v) is 6.16. The highest BCUT2D eigenvalue weighted by atomic mass is 16.4. The van der Waals surface area contributed by atoms with Gasteiger partial charge < -0.3 is 10.2 Å². The van der Waals surface area contributed by atoms with E-state index in [1.165, 1.54) is 0 Å². The van der Waals surface area contributed by atoms with Gasteiger partial charge in [0, 0.05) is 38.3 Å². The highest BCUT2D eigenvalue weighted by Gasteiger charge is 2.26. The van der Waals surface area contributed by atoms with Crippen molar-refractivity contribution in [1.82, 2.24) is 9.80 Å². The lowest BCUT2D eigenvalue weighted by molar-refractivity contribution is -0.139. The molecule has 1 heterocycles. The molecular weight excluding hydrogens is 220 g/mol. The molecule has 5 nitrogen and oxygen atoms in total. The summed E-state index contributed by atoms with van der Waals surface area (Å²) in [6, 6.07) is 0. The summed E-state index contributed by atoms with van der Waals surface area (Å²) in [5, 5.41) is 18.1. The normalized spacial score (nSPS) is 21.4. The number of carbonyl (C=O) groups is 1. The first kappa shape index (κ1) is 14.4. The molecule has 0 amide bonds. The molecule has 1 aliphatic rings. The Morgan fingerprint density at radius 3 is 2.18 bits per heavy atom. The predicted octanol–water partition coefficient (Wildman–Crippen LogP) is 0.238. The minimum absolute atomic E-state index is 0.167. The zero-order chi connectivity index (χ0) is 13.1. The number of rotatable bonds is 4. The van der Waals surface area contributed by atoms with Gasteiger partial charge in [-0.05, 0) is 20.8 Å². The van der Waals surface area contributed by atoms with Crippen molar-refractivity contribution in [3.63, 3.8) is 0 Å². The number of aliphatic carboxylic acids is 1. The van der Waals surface area contributed by atoms with Crippen LogP contribution >= 0.6 is 0 Å². The molecule has 0 bridgehead atoms. The van der Waals surface area contributed by atoms with Gasteiger partial charge in [-0.25, -0.2) is 0 Å². The van der Waals surface area contributed by atoms with Gasteiger partial charge in [-0.1, -0.05) is 0 Å². The van der Waals surface area contributed by atoms with Gasteiger partial charge in [0.15, 0.2) is 0 Å². The van der Waals surface area contributed by atoms with E-state index in [9.17, 15) is 9.90 Å². The lowest BCUT2D eigenvalue weighted by Crippen LogP contribution is -2.54. The third-order valence-corrected chi connectivity index (χ3v) is 3.20. The Hall–Kier alpha value is -0.650. The van der Waals surface area contributed by atoms with Crippen LogP contribution < -0.4 is 0 Å². The Balaban J connectivity index is 2.30. The van der Waals surface area contributed by atoms with Crippen molar-refractivity contribution in [1.29, 1.82) is 0 Å². The van der Waals surface area contributed by atoms with Gasteiger partial charge in [0.25, 0.3) is 0 Å². The number of carboxylic acid groups (broad SMARTS) is 1. The van der Waals surface area contributed by atoms with Gasteiger partial charge in [0.2, 0.25) is 0 Å². The summed E-state index contributed by atoms with van der Waals surface area (Å²) in [6.45, 7) is 10.8. The Morgan fingerprint density at radius 1 is 1.24 bits per heavy atom. The quantitative estimate of drug-likeness (QED) is 0.741. The minimum atomic E-state index is -0.939. The van der Waals surface area contributed by atoms with Crippen molar-refractivity contribution in [2.45, 2.75) is 38.8 Å². The molecule has 1 atom stereocenters.